The quantitative estimate of drug-likeness (QED) is 0.285. The van der Waals surface area contributed by atoms with Crippen LogP contribution in [0.3, 0.4) is 0 Å². The number of hydrogen-bond acceptors (Lipinski definition) is 5. The molecular weight excluding hydrogens is 508 g/mol. The number of amides is 1. The van der Waals surface area contributed by atoms with Gasteiger partial charge >= 0.3 is 0 Å². The van der Waals surface area contributed by atoms with Crippen LogP contribution in [0.15, 0.2) is 83.9 Å². The highest BCUT2D eigenvalue weighted by Gasteiger charge is 2.44. The van der Waals surface area contributed by atoms with Crippen LogP contribution in [-0.4, -0.2) is 32.4 Å². The molecular formula is C31H32N4O3S. The second-order valence-electron chi connectivity index (χ2n) is 10.6. The van der Waals surface area contributed by atoms with Crippen molar-refractivity contribution < 1.29 is 13.2 Å². The average Bonchev–Trinajstić information content (AvgIpc) is 3.76. The van der Waals surface area contributed by atoms with Crippen molar-refractivity contribution in [2.45, 2.75) is 42.9 Å². The van der Waals surface area contributed by atoms with E-state index in [4.69, 9.17) is 0 Å². The number of anilines is 2. The van der Waals surface area contributed by atoms with E-state index in [0.717, 1.165) is 59.9 Å². The molecule has 1 unspecified atom stereocenters. The molecule has 4 aromatic rings. The molecule has 2 aliphatic rings. The maximum Gasteiger partial charge on any atom is 0.263 e. The van der Waals surface area contributed by atoms with Crippen molar-refractivity contribution in [1.82, 2.24) is 10.3 Å². The largest absolute Gasteiger partial charge is 0.326 e. The van der Waals surface area contributed by atoms with Gasteiger partial charge < -0.3 is 10.6 Å². The molecule has 3 N–H and O–H groups in total. The van der Waals surface area contributed by atoms with Crippen LogP contribution >= 0.6 is 0 Å². The number of hydrogen-bond donors (Lipinski definition) is 3. The van der Waals surface area contributed by atoms with Crippen LogP contribution < -0.4 is 15.4 Å². The molecule has 1 aromatic heterocycles. The van der Waals surface area contributed by atoms with Gasteiger partial charge in [-0.15, -0.1) is 0 Å². The summed E-state index contributed by atoms with van der Waals surface area (Å²) in [6.07, 6.45) is 4.46. The summed E-state index contributed by atoms with van der Waals surface area (Å²) < 4.78 is 28.7. The Hall–Kier alpha value is -3.75. The first-order valence-electron chi connectivity index (χ1n) is 13.5. The number of pyridine rings is 1. The van der Waals surface area contributed by atoms with Crippen molar-refractivity contribution >= 4 is 38.2 Å². The molecule has 1 amide bonds. The second kappa shape index (κ2) is 10.4. The first-order valence-corrected chi connectivity index (χ1v) is 15.0. The van der Waals surface area contributed by atoms with E-state index in [2.05, 4.69) is 39.4 Å². The van der Waals surface area contributed by atoms with Crippen LogP contribution in [0.25, 0.3) is 10.8 Å². The number of carbonyl (C=O) groups is 1. The second-order valence-corrected chi connectivity index (χ2v) is 12.3. The lowest BCUT2D eigenvalue weighted by atomic mass is 9.91. The van der Waals surface area contributed by atoms with Crippen molar-refractivity contribution in [2.75, 3.05) is 23.1 Å². The van der Waals surface area contributed by atoms with Crippen LogP contribution in [0.2, 0.25) is 0 Å². The van der Waals surface area contributed by atoms with Crippen molar-refractivity contribution in [3.8, 4) is 0 Å². The van der Waals surface area contributed by atoms with Gasteiger partial charge in [0, 0.05) is 17.8 Å². The predicted molar refractivity (Wildman–Crippen MR) is 154 cm³/mol. The molecule has 2 fully saturated rings. The number of piperidine rings is 1. The third-order valence-electron chi connectivity index (χ3n) is 7.95. The molecule has 2 atom stereocenters. The summed E-state index contributed by atoms with van der Waals surface area (Å²) in [5, 5.41) is 8.68. The molecule has 39 heavy (non-hydrogen) atoms. The molecule has 1 saturated carbocycles. The maximum atomic E-state index is 13.1. The van der Waals surface area contributed by atoms with Gasteiger partial charge in [-0.25, -0.2) is 13.4 Å². The van der Waals surface area contributed by atoms with Crippen LogP contribution in [-0.2, 0) is 14.8 Å². The first-order chi connectivity index (χ1) is 18.9. The minimum absolute atomic E-state index is 0.00833. The summed E-state index contributed by atoms with van der Waals surface area (Å²) in [5.74, 6) is 0.690. The van der Waals surface area contributed by atoms with E-state index in [1.807, 2.05) is 48.5 Å². The van der Waals surface area contributed by atoms with Gasteiger partial charge in [0.15, 0.2) is 0 Å². The van der Waals surface area contributed by atoms with E-state index in [0.29, 0.717) is 11.7 Å². The zero-order valence-corrected chi connectivity index (χ0v) is 22.7. The van der Waals surface area contributed by atoms with Gasteiger partial charge in [0.05, 0.1) is 4.90 Å². The third-order valence-corrected chi connectivity index (χ3v) is 9.32. The molecule has 1 aliphatic carbocycles. The van der Waals surface area contributed by atoms with Crippen LogP contribution in [0.1, 0.15) is 47.8 Å². The molecule has 8 heteroatoms. The summed E-state index contributed by atoms with van der Waals surface area (Å²) >= 11 is 0. The van der Waals surface area contributed by atoms with E-state index in [1.54, 1.807) is 18.3 Å². The van der Waals surface area contributed by atoms with Gasteiger partial charge in [-0.3, -0.25) is 9.52 Å². The lowest BCUT2D eigenvalue weighted by Crippen LogP contribution is -2.26. The van der Waals surface area contributed by atoms with Crippen molar-refractivity contribution in [3.05, 3.63) is 95.7 Å². The maximum absolute atomic E-state index is 13.1. The van der Waals surface area contributed by atoms with Crippen LogP contribution in [0, 0.1) is 12.8 Å². The Morgan fingerprint density at radius 2 is 1.74 bits per heavy atom. The Balaban J connectivity index is 1.09. The number of fused-ring (bicyclic) bond motifs is 1. The zero-order valence-electron chi connectivity index (χ0n) is 21.9. The summed E-state index contributed by atoms with van der Waals surface area (Å²) in [5.41, 5.74) is 4.03. The highest BCUT2D eigenvalue weighted by atomic mass is 32.2. The van der Waals surface area contributed by atoms with E-state index >= 15 is 0 Å². The van der Waals surface area contributed by atoms with Gasteiger partial charge in [-0.1, -0.05) is 36.4 Å². The molecule has 1 saturated heterocycles. The highest BCUT2D eigenvalue weighted by Crippen LogP contribution is 2.48. The number of aromatic nitrogens is 1. The number of nitrogens with one attached hydrogen (secondary N) is 3. The van der Waals surface area contributed by atoms with Gasteiger partial charge in [-0.05, 0) is 115 Å². The van der Waals surface area contributed by atoms with E-state index in [-0.39, 0.29) is 22.6 Å². The lowest BCUT2D eigenvalue weighted by molar-refractivity contribution is -0.117. The van der Waals surface area contributed by atoms with E-state index < -0.39 is 10.0 Å². The molecule has 0 radical (unpaired) electrons. The summed E-state index contributed by atoms with van der Waals surface area (Å²) in [7, 11) is -3.78. The summed E-state index contributed by atoms with van der Waals surface area (Å²) in [6.45, 7) is 3.99. The van der Waals surface area contributed by atoms with Gasteiger partial charge in [0.2, 0.25) is 5.91 Å². The molecule has 6 rings (SSSR count). The normalized spacial score (nSPS) is 19.5. The highest BCUT2D eigenvalue weighted by molar-refractivity contribution is 7.92. The Kier molecular flexibility index (Phi) is 6.83. The van der Waals surface area contributed by atoms with Crippen molar-refractivity contribution in [1.29, 1.82) is 0 Å². The fraction of sp³-hybridized carbons (Fsp3) is 0.290. The first kappa shape index (κ1) is 25.5. The standard InChI is InChI=1S/C31H32N4O3S/c1-20-3-2-4-22-5-8-25(18-27(20)22)34-31(36)29-19-28(29)23-6-9-26(10-7-23)39(37,38)35-30-17-24(13-16-33-30)21-11-14-32-15-12-21/h2-10,13,16-18,21,28-29,32H,11-12,14-15,19H2,1H3,(H,33,35)(H,34,36)/t28?,29-/m1/s1. The van der Waals surface area contributed by atoms with E-state index in [9.17, 15) is 13.2 Å². The Bertz CT molecular complexity index is 1630. The molecule has 3 aromatic carbocycles. The topological polar surface area (TPSA) is 100 Å². The lowest BCUT2D eigenvalue weighted by Gasteiger charge is -2.23. The number of rotatable bonds is 7. The fourth-order valence-electron chi connectivity index (χ4n) is 5.60. The van der Waals surface area contributed by atoms with E-state index in [1.165, 1.54) is 5.56 Å². The van der Waals surface area contributed by atoms with Crippen molar-refractivity contribution in [2.24, 2.45) is 5.92 Å². The fourth-order valence-corrected chi connectivity index (χ4v) is 6.60. The molecule has 1 aliphatic heterocycles. The predicted octanol–water partition coefficient (Wildman–Crippen LogP) is 5.55. The number of benzene rings is 3. The van der Waals surface area contributed by atoms with Crippen molar-refractivity contribution in [3.63, 3.8) is 0 Å². The van der Waals surface area contributed by atoms with Crippen LogP contribution in [0.4, 0.5) is 11.5 Å². The Morgan fingerprint density at radius 3 is 2.54 bits per heavy atom. The summed E-state index contributed by atoms with van der Waals surface area (Å²) in [6, 6.07) is 22.8. The number of carbonyl (C=O) groups excluding carboxylic acids is 1. The number of sulfonamides is 1. The zero-order chi connectivity index (χ0) is 27.0. The monoisotopic (exact) mass is 540 g/mol. The smallest absolute Gasteiger partial charge is 0.263 e. The molecule has 2 heterocycles. The Labute approximate surface area is 229 Å². The average molecular weight is 541 g/mol. The number of nitrogens with zero attached hydrogens (tertiary/aromatic N) is 1. The molecule has 0 bridgehead atoms. The van der Waals surface area contributed by atoms with Gasteiger partial charge in [0.1, 0.15) is 5.82 Å². The van der Waals surface area contributed by atoms with Gasteiger partial charge in [-0.2, -0.15) is 0 Å². The number of aryl methyl sites for hydroxylation is 1. The molecule has 0 spiro atoms. The minimum Gasteiger partial charge on any atom is -0.326 e. The summed E-state index contributed by atoms with van der Waals surface area (Å²) in [4.78, 5) is 17.3. The van der Waals surface area contributed by atoms with Gasteiger partial charge in [0.25, 0.3) is 10.0 Å². The molecule has 7 nitrogen and oxygen atoms in total. The van der Waals surface area contributed by atoms with Crippen LogP contribution in [0.5, 0.6) is 0 Å². The SMILES string of the molecule is Cc1cccc2ccc(NC(=O)[C@@H]3CC3c3ccc(S(=O)(=O)Nc4cc(C5CCNCC5)ccn4)cc3)cc12. The minimum atomic E-state index is -3.78. The molecule has 200 valence electrons. The third kappa shape index (κ3) is 5.53. The Morgan fingerprint density at radius 1 is 0.949 bits per heavy atom.